The van der Waals surface area contributed by atoms with Gasteiger partial charge in [-0.25, -0.2) is 0 Å². The van der Waals surface area contributed by atoms with Crippen LogP contribution in [0.3, 0.4) is 0 Å². The third-order valence-corrected chi connectivity index (χ3v) is 5.18. The van der Waals surface area contributed by atoms with E-state index in [0.29, 0.717) is 5.69 Å². The molecule has 0 saturated carbocycles. The van der Waals surface area contributed by atoms with E-state index in [0.717, 1.165) is 38.5 Å². The molecule has 5 aromatic rings. The Kier molecular flexibility index (Phi) is 4.95. The number of aromatic nitrogens is 1. The van der Waals surface area contributed by atoms with Crippen LogP contribution in [0.15, 0.2) is 107 Å². The Labute approximate surface area is 179 Å². The molecule has 5 rings (SSSR count). The van der Waals surface area contributed by atoms with Crippen molar-refractivity contribution >= 4 is 45.2 Å². The number of para-hydroxylation sites is 1. The molecule has 0 aliphatic rings. The first-order valence-corrected chi connectivity index (χ1v) is 10.0. The molecule has 0 fully saturated rings. The third-order valence-electron chi connectivity index (χ3n) is 5.18. The van der Waals surface area contributed by atoms with Crippen LogP contribution in [-0.4, -0.2) is 10.1 Å². The zero-order valence-corrected chi connectivity index (χ0v) is 16.7. The summed E-state index contributed by atoms with van der Waals surface area (Å²) in [5, 5.41) is 21.9. The molecule has 0 bridgehead atoms. The van der Waals surface area contributed by atoms with Crippen molar-refractivity contribution in [3.05, 3.63) is 108 Å². The fraction of sp³-hybridized carbons (Fsp3) is 0. The molecule has 148 valence electrons. The minimum absolute atomic E-state index is 0.117. The van der Waals surface area contributed by atoms with Crippen LogP contribution >= 0.6 is 0 Å². The number of hydrogen-bond acceptors (Lipinski definition) is 4. The van der Waals surface area contributed by atoms with Gasteiger partial charge in [0, 0.05) is 17.0 Å². The maximum absolute atomic E-state index is 10.2. The van der Waals surface area contributed by atoms with Crippen LogP contribution in [0, 0.1) is 0 Å². The fourth-order valence-corrected chi connectivity index (χ4v) is 3.56. The molecule has 0 atom stereocenters. The zero-order chi connectivity index (χ0) is 21.0. The molecule has 0 saturated heterocycles. The van der Waals surface area contributed by atoms with Gasteiger partial charge in [-0.1, -0.05) is 72.8 Å². The normalized spacial score (nSPS) is 11.7. The average molecular weight is 401 g/mol. The summed E-state index contributed by atoms with van der Waals surface area (Å²) in [6.07, 6.45) is 5.99. The Morgan fingerprint density at radius 3 is 2.32 bits per heavy atom. The smallest absolute Gasteiger partial charge is 0.143 e. The van der Waals surface area contributed by atoms with E-state index in [1.807, 2.05) is 85.1 Å². The van der Waals surface area contributed by atoms with Crippen molar-refractivity contribution in [2.24, 2.45) is 10.2 Å². The fourth-order valence-electron chi connectivity index (χ4n) is 3.56. The van der Waals surface area contributed by atoms with Crippen LogP contribution in [0.2, 0.25) is 0 Å². The molecule has 0 spiro atoms. The molecule has 1 aromatic heterocycles. The van der Waals surface area contributed by atoms with Crippen molar-refractivity contribution in [1.82, 2.24) is 4.98 Å². The quantitative estimate of drug-likeness (QED) is 0.314. The molecule has 0 unspecified atom stereocenters. The van der Waals surface area contributed by atoms with Crippen LogP contribution in [0.5, 0.6) is 5.75 Å². The molecule has 0 aliphatic heterocycles. The number of benzene rings is 4. The van der Waals surface area contributed by atoms with E-state index in [9.17, 15) is 5.11 Å². The summed E-state index contributed by atoms with van der Waals surface area (Å²) >= 11 is 0. The lowest BCUT2D eigenvalue weighted by atomic mass is 10.1. The van der Waals surface area contributed by atoms with Gasteiger partial charge < -0.3 is 5.11 Å². The SMILES string of the molecule is Oc1ccc2ccccc2c1N=Nc1ccc(/C=C/c2ccnc3ccccc23)cc1. The summed E-state index contributed by atoms with van der Waals surface area (Å²) in [5.74, 6) is 0.117. The van der Waals surface area contributed by atoms with Gasteiger partial charge in [0.2, 0.25) is 0 Å². The lowest BCUT2D eigenvalue weighted by Crippen LogP contribution is -1.81. The number of fused-ring (bicyclic) bond motifs is 2. The van der Waals surface area contributed by atoms with Crippen LogP contribution in [0.4, 0.5) is 11.4 Å². The summed E-state index contributed by atoms with van der Waals surface area (Å²) in [5.41, 5.74) is 4.37. The molecule has 4 aromatic carbocycles. The maximum Gasteiger partial charge on any atom is 0.143 e. The van der Waals surface area contributed by atoms with Gasteiger partial charge >= 0.3 is 0 Å². The van der Waals surface area contributed by atoms with Crippen molar-refractivity contribution in [2.45, 2.75) is 0 Å². The van der Waals surface area contributed by atoms with Gasteiger partial charge in [-0.05, 0) is 46.8 Å². The highest BCUT2D eigenvalue weighted by Crippen LogP contribution is 2.36. The van der Waals surface area contributed by atoms with Crippen molar-refractivity contribution in [1.29, 1.82) is 0 Å². The molecule has 4 heteroatoms. The number of hydrogen-bond donors (Lipinski definition) is 1. The van der Waals surface area contributed by atoms with Gasteiger partial charge in [-0.15, -0.1) is 5.11 Å². The first-order chi connectivity index (χ1) is 15.3. The molecule has 0 radical (unpaired) electrons. The summed E-state index contributed by atoms with van der Waals surface area (Å²) in [6.45, 7) is 0. The first kappa shape index (κ1) is 18.7. The third kappa shape index (κ3) is 3.91. The van der Waals surface area contributed by atoms with Gasteiger partial charge in [0.1, 0.15) is 11.4 Å². The van der Waals surface area contributed by atoms with E-state index >= 15 is 0 Å². The highest BCUT2D eigenvalue weighted by molar-refractivity contribution is 5.95. The van der Waals surface area contributed by atoms with E-state index < -0.39 is 0 Å². The average Bonchev–Trinajstić information content (AvgIpc) is 2.83. The lowest BCUT2D eigenvalue weighted by Gasteiger charge is -2.03. The minimum Gasteiger partial charge on any atom is -0.506 e. The highest BCUT2D eigenvalue weighted by atomic mass is 16.3. The van der Waals surface area contributed by atoms with E-state index in [-0.39, 0.29) is 5.75 Å². The Balaban J connectivity index is 1.38. The summed E-state index contributed by atoms with van der Waals surface area (Å²) in [7, 11) is 0. The summed E-state index contributed by atoms with van der Waals surface area (Å²) in [6, 6.07) is 29.3. The van der Waals surface area contributed by atoms with Crippen LogP contribution in [0.25, 0.3) is 33.8 Å². The Bertz CT molecular complexity index is 1430. The largest absolute Gasteiger partial charge is 0.506 e. The van der Waals surface area contributed by atoms with Crippen molar-refractivity contribution in [3.63, 3.8) is 0 Å². The Hall–Kier alpha value is -4.31. The number of phenolic OH excluding ortho intramolecular Hbond substituents is 1. The lowest BCUT2D eigenvalue weighted by molar-refractivity contribution is 0.477. The minimum atomic E-state index is 0.117. The van der Waals surface area contributed by atoms with Crippen molar-refractivity contribution < 1.29 is 5.11 Å². The van der Waals surface area contributed by atoms with Gasteiger partial charge in [-0.2, -0.15) is 5.11 Å². The second kappa shape index (κ2) is 8.20. The first-order valence-electron chi connectivity index (χ1n) is 10.0. The second-order valence-electron chi connectivity index (χ2n) is 7.20. The topological polar surface area (TPSA) is 57.8 Å². The predicted octanol–water partition coefficient (Wildman–Crippen LogP) is 7.68. The second-order valence-corrected chi connectivity index (χ2v) is 7.20. The molecule has 1 heterocycles. The standard InChI is InChI=1S/C27H19N3O/c31-26-16-13-20-5-1-2-7-24(20)27(26)30-29-22-14-10-19(11-15-22)9-12-21-17-18-28-25-8-4-3-6-23(21)25/h1-18,31H/b12-9+,30-29?. The van der Waals surface area contributed by atoms with Crippen LogP contribution in [-0.2, 0) is 0 Å². The molecular formula is C27H19N3O. The van der Waals surface area contributed by atoms with Gasteiger partial charge in [0.05, 0.1) is 11.2 Å². The molecular weight excluding hydrogens is 382 g/mol. The van der Waals surface area contributed by atoms with Crippen molar-refractivity contribution in [2.75, 3.05) is 0 Å². The van der Waals surface area contributed by atoms with Crippen LogP contribution < -0.4 is 0 Å². The number of nitrogens with zero attached hydrogens (tertiary/aromatic N) is 3. The van der Waals surface area contributed by atoms with Crippen LogP contribution in [0.1, 0.15) is 11.1 Å². The van der Waals surface area contributed by atoms with E-state index in [2.05, 4.69) is 33.4 Å². The molecule has 0 amide bonds. The predicted molar refractivity (Wildman–Crippen MR) is 127 cm³/mol. The molecule has 0 aliphatic carbocycles. The van der Waals surface area contributed by atoms with Gasteiger partial charge in [-0.3, -0.25) is 4.98 Å². The maximum atomic E-state index is 10.2. The summed E-state index contributed by atoms with van der Waals surface area (Å²) in [4.78, 5) is 4.40. The number of aromatic hydroxyl groups is 1. The highest BCUT2D eigenvalue weighted by Gasteiger charge is 2.05. The molecule has 4 nitrogen and oxygen atoms in total. The molecule has 1 N–H and O–H groups in total. The number of pyridine rings is 1. The Morgan fingerprint density at radius 1 is 0.677 bits per heavy atom. The number of azo groups is 1. The van der Waals surface area contributed by atoms with E-state index in [1.165, 1.54) is 0 Å². The monoisotopic (exact) mass is 401 g/mol. The van der Waals surface area contributed by atoms with Crippen molar-refractivity contribution in [3.8, 4) is 5.75 Å². The van der Waals surface area contributed by atoms with Gasteiger partial charge in [0.15, 0.2) is 0 Å². The zero-order valence-electron chi connectivity index (χ0n) is 16.7. The molecule has 31 heavy (non-hydrogen) atoms. The van der Waals surface area contributed by atoms with E-state index in [4.69, 9.17) is 0 Å². The summed E-state index contributed by atoms with van der Waals surface area (Å²) < 4.78 is 0. The Morgan fingerprint density at radius 2 is 1.45 bits per heavy atom. The number of rotatable bonds is 4. The van der Waals surface area contributed by atoms with E-state index in [1.54, 1.807) is 6.07 Å². The number of phenols is 1. The van der Waals surface area contributed by atoms with Gasteiger partial charge in [0.25, 0.3) is 0 Å².